The number of amides is 2. The Kier molecular flexibility index (Phi) is 10.8. The van der Waals surface area contributed by atoms with E-state index in [0.29, 0.717) is 35.2 Å². The van der Waals surface area contributed by atoms with Crippen LogP contribution in [0, 0.1) is 5.41 Å². The van der Waals surface area contributed by atoms with Crippen LogP contribution in [0.5, 0.6) is 5.88 Å². The third-order valence-electron chi connectivity index (χ3n) is 7.56. The van der Waals surface area contributed by atoms with E-state index in [1.54, 1.807) is 13.0 Å². The molecule has 0 saturated carbocycles. The zero-order valence-electron chi connectivity index (χ0n) is 25.4. The number of fused-ring (bicyclic) bond motifs is 1. The Morgan fingerprint density at radius 2 is 1.85 bits per heavy atom. The van der Waals surface area contributed by atoms with Crippen molar-refractivity contribution in [3.63, 3.8) is 0 Å². The molecule has 2 aromatic rings. The summed E-state index contributed by atoms with van der Waals surface area (Å²) in [6, 6.07) is 5.40. The molecule has 1 fully saturated rings. The van der Waals surface area contributed by atoms with Crippen molar-refractivity contribution < 1.29 is 28.6 Å². The summed E-state index contributed by atoms with van der Waals surface area (Å²) in [6.07, 6.45) is 2.59. The molecule has 1 saturated heterocycles. The van der Waals surface area contributed by atoms with Gasteiger partial charge < -0.3 is 29.4 Å². The molecule has 41 heavy (non-hydrogen) atoms. The SMILES string of the molecule is CCCCCc1c(O[C@@H]2C[C@@H](C(=O)OC)N(C(=O)[C@@H](NC(=O)O[C@H](C)CC)C(C)(C)C)C2)[nH]c2ccccc2c1=O. The molecule has 0 bridgehead atoms. The molecule has 2 amide bonds. The lowest BCUT2D eigenvalue weighted by Gasteiger charge is -2.34. The molecule has 0 unspecified atom stereocenters. The first kappa shape index (κ1) is 32.0. The Morgan fingerprint density at radius 1 is 1.15 bits per heavy atom. The summed E-state index contributed by atoms with van der Waals surface area (Å²) in [5.41, 5.74) is 0.441. The third-order valence-corrected chi connectivity index (χ3v) is 7.56. The van der Waals surface area contributed by atoms with Crippen LogP contribution in [0.15, 0.2) is 29.1 Å². The van der Waals surface area contributed by atoms with Crippen molar-refractivity contribution >= 4 is 28.9 Å². The number of esters is 1. The number of carbonyl (C=O) groups excluding carboxylic acids is 3. The predicted octanol–water partition coefficient (Wildman–Crippen LogP) is 4.72. The number of hydrogen-bond donors (Lipinski definition) is 2. The second kappa shape index (κ2) is 13.9. The van der Waals surface area contributed by atoms with Gasteiger partial charge in [0.25, 0.3) is 0 Å². The summed E-state index contributed by atoms with van der Waals surface area (Å²) in [7, 11) is 1.27. The minimum absolute atomic E-state index is 0.0799. The third kappa shape index (κ3) is 7.80. The number of rotatable bonds is 11. The highest BCUT2D eigenvalue weighted by molar-refractivity contribution is 5.91. The monoisotopic (exact) mass is 571 g/mol. The number of benzene rings is 1. The van der Waals surface area contributed by atoms with Crippen LogP contribution in [0.25, 0.3) is 10.9 Å². The first-order valence-corrected chi connectivity index (χ1v) is 14.6. The van der Waals surface area contributed by atoms with Gasteiger partial charge in [-0.05, 0) is 43.7 Å². The summed E-state index contributed by atoms with van der Waals surface area (Å²) < 4.78 is 16.8. The van der Waals surface area contributed by atoms with E-state index >= 15 is 0 Å². The highest BCUT2D eigenvalue weighted by Crippen LogP contribution is 2.30. The molecule has 1 aromatic carbocycles. The summed E-state index contributed by atoms with van der Waals surface area (Å²) in [5, 5.41) is 3.30. The first-order chi connectivity index (χ1) is 19.4. The van der Waals surface area contributed by atoms with Gasteiger partial charge in [-0.1, -0.05) is 59.6 Å². The van der Waals surface area contributed by atoms with Gasteiger partial charge in [0.2, 0.25) is 5.91 Å². The van der Waals surface area contributed by atoms with E-state index in [1.807, 2.05) is 45.9 Å². The maximum Gasteiger partial charge on any atom is 0.408 e. The van der Waals surface area contributed by atoms with Gasteiger partial charge in [0.15, 0.2) is 11.3 Å². The number of alkyl carbamates (subject to hydrolysis) is 1. The van der Waals surface area contributed by atoms with Crippen molar-refractivity contribution in [2.75, 3.05) is 13.7 Å². The smallest absolute Gasteiger partial charge is 0.408 e. The van der Waals surface area contributed by atoms with Gasteiger partial charge in [0, 0.05) is 11.8 Å². The van der Waals surface area contributed by atoms with E-state index in [1.165, 1.54) is 12.0 Å². The van der Waals surface area contributed by atoms with Crippen molar-refractivity contribution in [3.05, 3.63) is 40.1 Å². The zero-order valence-corrected chi connectivity index (χ0v) is 25.4. The average molecular weight is 572 g/mol. The largest absolute Gasteiger partial charge is 0.473 e. The number of pyridine rings is 1. The highest BCUT2D eigenvalue weighted by atomic mass is 16.6. The van der Waals surface area contributed by atoms with Gasteiger partial charge in [-0.2, -0.15) is 0 Å². The van der Waals surface area contributed by atoms with Crippen LogP contribution in [0.2, 0.25) is 0 Å². The number of nitrogens with one attached hydrogen (secondary N) is 2. The number of carbonyl (C=O) groups is 3. The number of aromatic amines is 1. The normalized spacial score (nSPS) is 18.6. The topological polar surface area (TPSA) is 127 Å². The second-order valence-corrected chi connectivity index (χ2v) is 11.8. The summed E-state index contributed by atoms with van der Waals surface area (Å²) in [5.74, 6) is -0.653. The fourth-order valence-electron chi connectivity index (χ4n) is 5.02. The summed E-state index contributed by atoms with van der Waals surface area (Å²) in [6.45, 7) is 11.3. The average Bonchev–Trinajstić information content (AvgIpc) is 3.35. The van der Waals surface area contributed by atoms with E-state index in [-0.39, 0.29) is 24.5 Å². The molecule has 2 N–H and O–H groups in total. The molecule has 3 rings (SSSR count). The number of unbranched alkanes of at least 4 members (excludes halogenated alkanes) is 2. The van der Waals surface area contributed by atoms with E-state index in [9.17, 15) is 19.2 Å². The summed E-state index contributed by atoms with van der Waals surface area (Å²) >= 11 is 0. The minimum atomic E-state index is -0.963. The molecule has 1 aromatic heterocycles. The number of hydrogen-bond acceptors (Lipinski definition) is 7. The lowest BCUT2D eigenvalue weighted by Crippen LogP contribution is -2.57. The molecule has 1 aliphatic rings. The van der Waals surface area contributed by atoms with Gasteiger partial charge in [0.1, 0.15) is 24.3 Å². The molecule has 10 heteroatoms. The van der Waals surface area contributed by atoms with Gasteiger partial charge in [-0.25, -0.2) is 9.59 Å². The molecule has 226 valence electrons. The van der Waals surface area contributed by atoms with Crippen molar-refractivity contribution in [1.82, 2.24) is 15.2 Å². The summed E-state index contributed by atoms with van der Waals surface area (Å²) in [4.78, 5) is 57.4. The van der Waals surface area contributed by atoms with Crippen LogP contribution < -0.4 is 15.5 Å². The van der Waals surface area contributed by atoms with Gasteiger partial charge in [-0.15, -0.1) is 0 Å². The lowest BCUT2D eigenvalue weighted by molar-refractivity contribution is -0.152. The Labute approximate surface area is 242 Å². The molecule has 1 aliphatic heterocycles. The highest BCUT2D eigenvalue weighted by Gasteiger charge is 2.46. The molecule has 2 heterocycles. The first-order valence-electron chi connectivity index (χ1n) is 14.6. The quantitative estimate of drug-likeness (QED) is 0.295. The zero-order chi connectivity index (χ0) is 30.3. The predicted molar refractivity (Wildman–Crippen MR) is 157 cm³/mol. The fourth-order valence-corrected chi connectivity index (χ4v) is 5.02. The molecule has 0 aliphatic carbocycles. The van der Waals surface area contributed by atoms with E-state index in [0.717, 1.165) is 19.3 Å². The van der Waals surface area contributed by atoms with Gasteiger partial charge in [0.05, 0.1) is 24.7 Å². The molecular formula is C31H45N3O7. The van der Waals surface area contributed by atoms with Crippen molar-refractivity contribution in [2.24, 2.45) is 5.41 Å². The van der Waals surface area contributed by atoms with Gasteiger partial charge in [-0.3, -0.25) is 9.59 Å². The molecular weight excluding hydrogens is 526 g/mol. The number of aromatic nitrogens is 1. The number of likely N-dealkylation sites (tertiary alicyclic amines) is 1. The van der Waals surface area contributed by atoms with Crippen LogP contribution in [0.4, 0.5) is 4.79 Å². The van der Waals surface area contributed by atoms with Crippen LogP contribution in [0.3, 0.4) is 0 Å². The Bertz CT molecular complexity index is 1280. The maximum atomic E-state index is 13.9. The Hall–Kier alpha value is -3.56. The van der Waals surface area contributed by atoms with Crippen LogP contribution in [-0.2, 0) is 25.5 Å². The van der Waals surface area contributed by atoms with E-state index in [2.05, 4.69) is 17.2 Å². The van der Waals surface area contributed by atoms with Crippen molar-refractivity contribution in [1.29, 1.82) is 0 Å². The van der Waals surface area contributed by atoms with Crippen molar-refractivity contribution in [3.8, 4) is 5.88 Å². The van der Waals surface area contributed by atoms with Crippen LogP contribution in [-0.4, -0.2) is 65.8 Å². The minimum Gasteiger partial charge on any atom is -0.473 e. The maximum absolute atomic E-state index is 13.9. The second-order valence-electron chi connectivity index (χ2n) is 11.8. The van der Waals surface area contributed by atoms with E-state index < -0.39 is 41.6 Å². The molecule has 10 nitrogen and oxygen atoms in total. The molecule has 4 atom stereocenters. The number of ether oxygens (including phenoxy) is 3. The fraction of sp³-hybridized carbons (Fsp3) is 0.613. The van der Waals surface area contributed by atoms with Crippen LogP contribution >= 0.6 is 0 Å². The van der Waals surface area contributed by atoms with E-state index in [4.69, 9.17) is 14.2 Å². The van der Waals surface area contributed by atoms with Crippen molar-refractivity contribution in [2.45, 2.75) is 104 Å². The number of nitrogens with zero attached hydrogens (tertiary/aromatic N) is 1. The van der Waals surface area contributed by atoms with Crippen LogP contribution in [0.1, 0.15) is 79.2 Å². The molecule has 0 spiro atoms. The standard InChI is InChI=1S/C31H45N3O7/c1-8-10-11-15-22-25(35)21-14-12-13-16-23(21)32-27(22)41-20-17-24(29(37)39-7)34(18-20)28(36)26(31(4,5)6)33-30(38)40-19(3)9-2/h12-14,16,19-20,24,26H,8-11,15,17-18H2,1-7H3,(H,32,35)(H,33,38)/t19-,20-,24+,26-/m1/s1. The molecule has 0 radical (unpaired) electrons. The number of H-pyrrole nitrogens is 1. The van der Waals surface area contributed by atoms with Gasteiger partial charge >= 0.3 is 12.1 Å². The Balaban J connectivity index is 1.91. The number of para-hydroxylation sites is 1. The Morgan fingerprint density at radius 3 is 2.49 bits per heavy atom. The number of methoxy groups -OCH3 is 1. The lowest BCUT2D eigenvalue weighted by atomic mass is 9.85.